The molecule has 1 atom stereocenters. The van der Waals surface area contributed by atoms with E-state index in [4.69, 9.17) is 25.8 Å². The van der Waals surface area contributed by atoms with Crippen LogP contribution in [-0.4, -0.2) is 32.5 Å². The van der Waals surface area contributed by atoms with Crippen molar-refractivity contribution in [3.8, 4) is 11.5 Å². The molecule has 2 heterocycles. The van der Waals surface area contributed by atoms with Gasteiger partial charge >= 0.3 is 0 Å². The van der Waals surface area contributed by atoms with Crippen LogP contribution < -0.4 is 14.8 Å². The molecule has 1 N–H and O–H groups in total. The quantitative estimate of drug-likeness (QED) is 0.928. The van der Waals surface area contributed by atoms with Gasteiger partial charge in [0.2, 0.25) is 0 Å². The van der Waals surface area contributed by atoms with Crippen molar-refractivity contribution in [1.82, 2.24) is 5.32 Å². The molecule has 112 valence electrons. The third-order valence-corrected chi connectivity index (χ3v) is 4.50. The highest BCUT2D eigenvalue weighted by Crippen LogP contribution is 2.41. The van der Waals surface area contributed by atoms with Gasteiger partial charge in [-0.3, -0.25) is 0 Å². The highest BCUT2D eigenvalue weighted by Gasteiger charge is 2.34. The standard InChI is InChI=1S/C16H18ClNO3/c1-19-16-6-15-11(4-12(16)17)13(18-10-2-3-10)5-14(21-15)9-7-20-8-9/h4-6,9-10,14,18H,2-3,7-8H2,1H3. The molecule has 0 bridgehead atoms. The number of hydrogen-bond donors (Lipinski definition) is 1. The van der Waals surface area contributed by atoms with Crippen molar-refractivity contribution in [3.05, 3.63) is 28.8 Å². The summed E-state index contributed by atoms with van der Waals surface area (Å²) in [6, 6.07) is 4.39. The Labute approximate surface area is 129 Å². The minimum absolute atomic E-state index is 0.0541. The van der Waals surface area contributed by atoms with E-state index in [-0.39, 0.29) is 6.10 Å². The van der Waals surface area contributed by atoms with E-state index < -0.39 is 0 Å². The molecule has 1 aromatic carbocycles. The summed E-state index contributed by atoms with van der Waals surface area (Å²) in [5.41, 5.74) is 2.14. The molecular weight excluding hydrogens is 290 g/mol. The SMILES string of the molecule is COc1cc2c(cc1Cl)C(NC1CC1)=CC(C1COC1)O2. The van der Waals surface area contributed by atoms with E-state index >= 15 is 0 Å². The number of benzene rings is 1. The second kappa shape index (κ2) is 5.11. The van der Waals surface area contributed by atoms with E-state index in [2.05, 4.69) is 11.4 Å². The first-order valence-electron chi connectivity index (χ1n) is 7.35. The number of halogens is 1. The monoisotopic (exact) mass is 307 g/mol. The van der Waals surface area contributed by atoms with Crippen molar-refractivity contribution in [1.29, 1.82) is 0 Å². The molecule has 5 heteroatoms. The Morgan fingerprint density at radius 2 is 2.10 bits per heavy atom. The van der Waals surface area contributed by atoms with Crippen LogP contribution in [0.4, 0.5) is 0 Å². The average molecular weight is 308 g/mol. The lowest BCUT2D eigenvalue weighted by Crippen LogP contribution is -2.42. The molecule has 0 spiro atoms. The Morgan fingerprint density at radius 3 is 2.71 bits per heavy atom. The van der Waals surface area contributed by atoms with Gasteiger partial charge in [-0.15, -0.1) is 0 Å². The Bertz CT molecular complexity index is 593. The van der Waals surface area contributed by atoms with Crippen LogP contribution in [-0.2, 0) is 4.74 Å². The first kappa shape index (κ1) is 13.3. The first-order chi connectivity index (χ1) is 10.2. The summed E-state index contributed by atoms with van der Waals surface area (Å²) >= 11 is 6.26. The highest BCUT2D eigenvalue weighted by atomic mass is 35.5. The summed E-state index contributed by atoms with van der Waals surface area (Å²) in [7, 11) is 1.62. The maximum Gasteiger partial charge on any atom is 0.141 e. The number of ether oxygens (including phenoxy) is 3. The van der Waals surface area contributed by atoms with Gasteiger partial charge in [0.15, 0.2) is 0 Å². The van der Waals surface area contributed by atoms with Gasteiger partial charge in [0.05, 0.1) is 25.3 Å². The first-order valence-corrected chi connectivity index (χ1v) is 7.73. The maximum atomic E-state index is 6.26. The van der Waals surface area contributed by atoms with Crippen LogP contribution in [0.5, 0.6) is 11.5 Å². The van der Waals surface area contributed by atoms with Crippen molar-refractivity contribution in [2.24, 2.45) is 5.92 Å². The minimum Gasteiger partial charge on any atom is -0.495 e. The van der Waals surface area contributed by atoms with Crippen molar-refractivity contribution in [2.45, 2.75) is 25.0 Å². The number of methoxy groups -OCH3 is 1. The van der Waals surface area contributed by atoms with Gasteiger partial charge in [0, 0.05) is 29.3 Å². The van der Waals surface area contributed by atoms with Crippen LogP contribution in [0.15, 0.2) is 18.2 Å². The van der Waals surface area contributed by atoms with Crippen LogP contribution >= 0.6 is 11.6 Å². The molecule has 1 unspecified atom stereocenters. The summed E-state index contributed by atoms with van der Waals surface area (Å²) in [5, 5.41) is 4.19. The van der Waals surface area contributed by atoms with E-state index in [0.717, 1.165) is 30.2 Å². The average Bonchev–Trinajstić information content (AvgIpc) is 3.21. The molecule has 0 aromatic heterocycles. The minimum atomic E-state index is 0.0541. The second-order valence-corrected chi connectivity index (χ2v) is 6.27. The molecule has 4 rings (SSSR count). The summed E-state index contributed by atoms with van der Waals surface area (Å²) in [4.78, 5) is 0. The molecule has 1 aromatic rings. The molecule has 4 nitrogen and oxygen atoms in total. The third-order valence-electron chi connectivity index (χ3n) is 4.20. The van der Waals surface area contributed by atoms with Crippen LogP contribution in [0.1, 0.15) is 18.4 Å². The van der Waals surface area contributed by atoms with Gasteiger partial charge in [-0.05, 0) is 25.0 Å². The lowest BCUT2D eigenvalue weighted by atomic mass is 9.95. The Morgan fingerprint density at radius 1 is 1.29 bits per heavy atom. The molecule has 2 aliphatic heterocycles. The Kier molecular flexibility index (Phi) is 3.23. The van der Waals surface area contributed by atoms with E-state index in [1.165, 1.54) is 12.8 Å². The highest BCUT2D eigenvalue weighted by molar-refractivity contribution is 6.32. The number of hydrogen-bond acceptors (Lipinski definition) is 4. The van der Waals surface area contributed by atoms with Crippen LogP contribution in [0.25, 0.3) is 5.70 Å². The number of rotatable bonds is 4. The van der Waals surface area contributed by atoms with Crippen molar-refractivity contribution in [3.63, 3.8) is 0 Å². The van der Waals surface area contributed by atoms with Crippen LogP contribution in [0, 0.1) is 5.92 Å². The third kappa shape index (κ3) is 2.47. The fourth-order valence-electron chi connectivity index (χ4n) is 2.68. The van der Waals surface area contributed by atoms with E-state index in [0.29, 0.717) is 22.7 Å². The molecule has 1 aliphatic carbocycles. The molecule has 3 aliphatic rings. The van der Waals surface area contributed by atoms with Gasteiger partial charge in [0.1, 0.15) is 17.6 Å². The molecular formula is C16H18ClNO3. The van der Waals surface area contributed by atoms with Crippen molar-refractivity contribution >= 4 is 17.3 Å². The molecule has 21 heavy (non-hydrogen) atoms. The topological polar surface area (TPSA) is 39.7 Å². The maximum absolute atomic E-state index is 6.26. The molecule has 0 radical (unpaired) electrons. The number of fused-ring (bicyclic) bond motifs is 1. The van der Waals surface area contributed by atoms with Crippen LogP contribution in [0.3, 0.4) is 0 Å². The predicted molar refractivity (Wildman–Crippen MR) is 80.9 cm³/mol. The van der Waals surface area contributed by atoms with Gasteiger partial charge in [-0.2, -0.15) is 0 Å². The lowest BCUT2D eigenvalue weighted by molar-refractivity contribution is -0.0707. The summed E-state index contributed by atoms with van der Waals surface area (Å²) in [5.74, 6) is 1.90. The normalized spacial score (nSPS) is 24.5. The zero-order valence-corrected chi connectivity index (χ0v) is 12.7. The smallest absolute Gasteiger partial charge is 0.141 e. The molecule has 2 fully saturated rings. The molecule has 1 saturated heterocycles. The summed E-state index contributed by atoms with van der Waals surface area (Å²) < 4.78 is 16.7. The number of nitrogens with one attached hydrogen (secondary N) is 1. The molecule has 0 amide bonds. The van der Waals surface area contributed by atoms with Crippen LogP contribution in [0.2, 0.25) is 5.02 Å². The predicted octanol–water partition coefficient (Wildman–Crippen LogP) is 2.85. The van der Waals surface area contributed by atoms with Crippen molar-refractivity contribution in [2.75, 3.05) is 20.3 Å². The summed E-state index contributed by atoms with van der Waals surface area (Å²) in [6.07, 6.45) is 4.69. The largest absolute Gasteiger partial charge is 0.495 e. The fraction of sp³-hybridized carbons (Fsp3) is 0.500. The molecule has 1 saturated carbocycles. The van der Waals surface area contributed by atoms with E-state index in [9.17, 15) is 0 Å². The zero-order chi connectivity index (χ0) is 14.4. The van der Waals surface area contributed by atoms with E-state index in [1.807, 2.05) is 12.1 Å². The zero-order valence-electron chi connectivity index (χ0n) is 11.9. The second-order valence-electron chi connectivity index (χ2n) is 5.86. The lowest BCUT2D eigenvalue weighted by Gasteiger charge is -2.36. The summed E-state index contributed by atoms with van der Waals surface area (Å²) in [6.45, 7) is 1.52. The van der Waals surface area contributed by atoms with Gasteiger partial charge in [-0.25, -0.2) is 0 Å². The van der Waals surface area contributed by atoms with Gasteiger partial charge < -0.3 is 19.5 Å². The fourth-order valence-corrected chi connectivity index (χ4v) is 2.92. The van der Waals surface area contributed by atoms with Crippen molar-refractivity contribution < 1.29 is 14.2 Å². The van der Waals surface area contributed by atoms with Gasteiger partial charge in [0.25, 0.3) is 0 Å². The Balaban J connectivity index is 1.71. The van der Waals surface area contributed by atoms with Gasteiger partial charge in [-0.1, -0.05) is 11.6 Å². The Hall–Kier alpha value is -1.39. The van der Waals surface area contributed by atoms with E-state index in [1.54, 1.807) is 7.11 Å².